The van der Waals surface area contributed by atoms with Crippen molar-refractivity contribution in [1.82, 2.24) is 10.3 Å². The Bertz CT molecular complexity index is 378. The number of hydrogen-bond acceptors (Lipinski definition) is 4. The van der Waals surface area contributed by atoms with Gasteiger partial charge in [0.05, 0.1) is 12.0 Å². The lowest BCUT2D eigenvalue weighted by Crippen LogP contribution is -2.10. The van der Waals surface area contributed by atoms with Gasteiger partial charge in [0, 0.05) is 13.0 Å². The molecule has 0 fully saturated rings. The van der Waals surface area contributed by atoms with Crippen LogP contribution in [0.1, 0.15) is 5.69 Å². The first kappa shape index (κ1) is 9.02. The van der Waals surface area contributed by atoms with Gasteiger partial charge in [-0.2, -0.15) is 0 Å². The Morgan fingerprint density at radius 3 is 3.07 bits per heavy atom. The Kier molecular flexibility index (Phi) is 2.65. The quantitative estimate of drug-likeness (QED) is 0.801. The Labute approximate surface area is 81.9 Å². The molecule has 0 saturated heterocycles. The van der Waals surface area contributed by atoms with E-state index >= 15 is 0 Å². The zero-order valence-electron chi connectivity index (χ0n) is 7.99. The van der Waals surface area contributed by atoms with Crippen molar-refractivity contribution in [1.29, 1.82) is 0 Å². The highest BCUT2D eigenvalue weighted by molar-refractivity contribution is 5.43. The van der Waals surface area contributed by atoms with Crippen LogP contribution in [0, 0.1) is 0 Å². The van der Waals surface area contributed by atoms with E-state index in [4.69, 9.17) is 8.83 Å². The number of oxazole rings is 1. The molecule has 0 bridgehead atoms. The van der Waals surface area contributed by atoms with E-state index < -0.39 is 0 Å². The molecular weight excluding hydrogens is 180 g/mol. The summed E-state index contributed by atoms with van der Waals surface area (Å²) in [6.45, 7) is 0.893. The molecule has 14 heavy (non-hydrogen) atoms. The number of nitrogens with zero attached hydrogens (tertiary/aromatic N) is 1. The van der Waals surface area contributed by atoms with Gasteiger partial charge in [-0.3, -0.25) is 0 Å². The van der Waals surface area contributed by atoms with Crippen LogP contribution in [0.15, 0.2) is 33.5 Å². The first-order valence-electron chi connectivity index (χ1n) is 4.53. The van der Waals surface area contributed by atoms with E-state index in [2.05, 4.69) is 10.3 Å². The second kappa shape index (κ2) is 4.11. The topological polar surface area (TPSA) is 51.2 Å². The average molecular weight is 192 g/mol. The average Bonchev–Trinajstić information content (AvgIpc) is 2.85. The van der Waals surface area contributed by atoms with E-state index in [1.807, 2.05) is 19.2 Å². The Balaban J connectivity index is 2.10. The highest BCUT2D eigenvalue weighted by atomic mass is 16.4. The Hall–Kier alpha value is -1.55. The predicted molar refractivity (Wildman–Crippen MR) is 51.8 cm³/mol. The molecule has 0 radical (unpaired) electrons. The fraction of sp³-hybridized carbons (Fsp3) is 0.300. The summed E-state index contributed by atoms with van der Waals surface area (Å²) >= 11 is 0. The molecule has 2 heterocycles. The molecule has 0 spiro atoms. The minimum Gasteiger partial charge on any atom is -0.459 e. The van der Waals surface area contributed by atoms with Crippen molar-refractivity contribution in [3.8, 4) is 11.7 Å². The van der Waals surface area contributed by atoms with Gasteiger partial charge in [-0.25, -0.2) is 4.98 Å². The molecule has 2 aromatic heterocycles. The molecule has 0 aliphatic rings. The third-order valence-corrected chi connectivity index (χ3v) is 1.91. The summed E-state index contributed by atoms with van der Waals surface area (Å²) in [6.07, 6.45) is 4.13. The number of furan rings is 1. The van der Waals surface area contributed by atoms with Crippen LogP contribution in [0.4, 0.5) is 0 Å². The SMILES string of the molecule is CNCCc1coc(-c2ccco2)n1. The number of nitrogens with one attached hydrogen (secondary N) is 1. The monoisotopic (exact) mass is 192 g/mol. The summed E-state index contributed by atoms with van der Waals surface area (Å²) in [5.41, 5.74) is 0.936. The second-order valence-corrected chi connectivity index (χ2v) is 2.97. The van der Waals surface area contributed by atoms with E-state index in [-0.39, 0.29) is 0 Å². The number of hydrogen-bond donors (Lipinski definition) is 1. The molecule has 0 aromatic carbocycles. The second-order valence-electron chi connectivity index (χ2n) is 2.97. The molecule has 0 aliphatic heterocycles. The molecule has 0 amide bonds. The molecular formula is C10H12N2O2. The minimum atomic E-state index is 0.543. The molecule has 1 N–H and O–H groups in total. The van der Waals surface area contributed by atoms with Crippen molar-refractivity contribution < 1.29 is 8.83 Å². The van der Waals surface area contributed by atoms with Gasteiger partial charge in [0.1, 0.15) is 6.26 Å². The zero-order valence-corrected chi connectivity index (χ0v) is 7.99. The van der Waals surface area contributed by atoms with Crippen LogP contribution >= 0.6 is 0 Å². The Morgan fingerprint density at radius 2 is 2.36 bits per heavy atom. The number of rotatable bonds is 4. The lowest BCUT2D eigenvalue weighted by Gasteiger charge is -1.91. The lowest BCUT2D eigenvalue weighted by atomic mass is 10.3. The van der Waals surface area contributed by atoms with Crippen LogP contribution in [0.2, 0.25) is 0 Å². The predicted octanol–water partition coefficient (Wildman–Crippen LogP) is 1.70. The largest absolute Gasteiger partial charge is 0.459 e. The van der Waals surface area contributed by atoms with Crippen molar-refractivity contribution in [2.75, 3.05) is 13.6 Å². The van der Waals surface area contributed by atoms with Gasteiger partial charge < -0.3 is 14.2 Å². The zero-order chi connectivity index (χ0) is 9.80. The van der Waals surface area contributed by atoms with Gasteiger partial charge in [0.2, 0.25) is 0 Å². The maximum atomic E-state index is 5.27. The highest BCUT2D eigenvalue weighted by Gasteiger charge is 2.07. The summed E-state index contributed by atoms with van der Waals surface area (Å²) in [4.78, 5) is 4.29. The van der Waals surface area contributed by atoms with Crippen LogP contribution in [-0.4, -0.2) is 18.6 Å². The van der Waals surface area contributed by atoms with Crippen LogP contribution < -0.4 is 5.32 Å². The molecule has 2 aromatic rings. The van der Waals surface area contributed by atoms with Gasteiger partial charge >= 0.3 is 0 Å². The van der Waals surface area contributed by atoms with E-state index in [9.17, 15) is 0 Å². The van der Waals surface area contributed by atoms with E-state index in [1.165, 1.54) is 0 Å². The van der Waals surface area contributed by atoms with Crippen molar-refractivity contribution in [3.05, 3.63) is 30.4 Å². The van der Waals surface area contributed by atoms with Crippen molar-refractivity contribution in [2.45, 2.75) is 6.42 Å². The normalized spacial score (nSPS) is 10.6. The van der Waals surface area contributed by atoms with Gasteiger partial charge in [0.15, 0.2) is 5.76 Å². The van der Waals surface area contributed by atoms with Crippen molar-refractivity contribution in [3.63, 3.8) is 0 Å². The Morgan fingerprint density at radius 1 is 1.43 bits per heavy atom. The fourth-order valence-corrected chi connectivity index (χ4v) is 1.19. The maximum Gasteiger partial charge on any atom is 0.262 e. The summed E-state index contributed by atoms with van der Waals surface area (Å²) in [5.74, 6) is 1.21. The van der Waals surface area contributed by atoms with Gasteiger partial charge in [-0.05, 0) is 19.2 Å². The lowest BCUT2D eigenvalue weighted by molar-refractivity contribution is 0.517. The first-order chi connectivity index (χ1) is 6.90. The first-order valence-corrected chi connectivity index (χ1v) is 4.53. The van der Waals surface area contributed by atoms with E-state index in [0.717, 1.165) is 18.7 Å². The van der Waals surface area contributed by atoms with Crippen LogP contribution in [-0.2, 0) is 6.42 Å². The van der Waals surface area contributed by atoms with Crippen LogP contribution in [0.5, 0.6) is 0 Å². The van der Waals surface area contributed by atoms with Crippen LogP contribution in [0.25, 0.3) is 11.7 Å². The molecule has 4 nitrogen and oxygen atoms in total. The molecule has 0 atom stereocenters. The summed E-state index contributed by atoms with van der Waals surface area (Å²) in [7, 11) is 1.91. The molecule has 4 heteroatoms. The fourth-order valence-electron chi connectivity index (χ4n) is 1.19. The molecule has 0 unspecified atom stereocenters. The minimum absolute atomic E-state index is 0.543. The smallest absolute Gasteiger partial charge is 0.262 e. The molecule has 74 valence electrons. The molecule has 2 rings (SSSR count). The third kappa shape index (κ3) is 1.85. The van der Waals surface area contributed by atoms with E-state index in [0.29, 0.717) is 11.7 Å². The summed E-state index contributed by atoms with van der Waals surface area (Å²) < 4.78 is 10.4. The van der Waals surface area contributed by atoms with Gasteiger partial charge in [-0.1, -0.05) is 0 Å². The van der Waals surface area contributed by atoms with Gasteiger partial charge in [0.25, 0.3) is 5.89 Å². The van der Waals surface area contributed by atoms with Crippen molar-refractivity contribution >= 4 is 0 Å². The highest BCUT2D eigenvalue weighted by Crippen LogP contribution is 2.18. The molecule has 0 saturated carbocycles. The summed E-state index contributed by atoms with van der Waals surface area (Å²) in [5, 5.41) is 3.06. The standard InChI is InChI=1S/C10H12N2O2/c1-11-5-4-8-7-14-10(12-8)9-3-2-6-13-9/h2-3,6-7,11H,4-5H2,1H3. The van der Waals surface area contributed by atoms with Crippen LogP contribution in [0.3, 0.4) is 0 Å². The van der Waals surface area contributed by atoms with Crippen molar-refractivity contribution in [2.24, 2.45) is 0 Å². The van der Waals surface area contributed by atoms with E-state index in [1.54, 1.807) is 12.5 Å². The maximum absolute atomic E-state index is 5.27. The number of likely N-dealkylation sites (N-methyl/N-ethyl adjacent to an activating group) is 1. The number of aromatic nitrogens is 1. The summed E-state index contributed by atoms with van der Waals surface area (Å²) in [6, 6.07) is 3.64. The molecule has 0 aliphatic carbocycles. The third-order valence-electron chi connectivity index (χ3n) is 1.91. The van der Waals surface area contributed by atoms with Gasteiger partial charge in [-0.15, -0.1) is 0 Å².